The van der Waals surface area contributed by atoms with Gasteiger partial charge in [0.2, 0.25) is 0 Å². The minimum absolute atomic E-state index is 0.319. The summed E-state index contributed by atoms with van der Waals surface area (Å²) < 4.78 is 5.35. The molecule has 0 radical (unpaired) electrons. The van der Waals surface area contributed by atoms with Gasteiger partial charge >= 0.3 is 12.0 Å². The molecule has 0 aromatic heterocycles. The normalized spacial score (nSPS) is 20.6. The largest absolute Gasteiger partial charge is 0.465 e. The van der Waals surface area contributed by atoms with E-state index in [1.165, 1.54) is 0 Å². The predicted molar refractivity (Wildman–Crippen MR) is 89.0 cm³/mol. The zero-order valence-electron chi connectivity index (χ0n) is 13.1. The number of carbonyl (C=O) groups excluding carboxylic acids is 2. The number of urea groups is 1. The van der Waals surface area contributed by atoms with Gasteiger partial charge in [-0.05, 0) is 18.1 Å². The van der Waals surface area contributed by atoms with Crippen LogP contribution in [0, 0.1) is 5.92 Å². The van der Waals surface area contributed by atoms with Crippen LogP contribution in [-0.4, -0.2) is 18.6 Å². The molecular formula is C17H21ClN2O3. The van der Waals surface area contributed by atoms with Crippen molar-refractivity contribution < 1.29 is 14.3 Å². The van der Waals surface area contributed by atoms with Crippen LogP contribution in [0.15, 0.2) is 36.5 Å². The maximum absolute atomic E-state index is 12.5. The van der Waals surface area contributed by atoms with Gasteiger partial charge < -0.3 is 15.4 Å². The van der Waals surface area contributed by atoms with Crippen molar-refractivity contribution in [3.8, 4) is 0 Å². The lowest BCUT2D eigenvalue weighted by molar-refractivity contribution is -0.148. The number of carbonyl (C=O) groups is 2. The van der Waals surface area contributed by atoms with Gasteiger partial charge in [-0.25, -0.2) is 4.79 Å². The number of hydrogen-bond acceptors (Lipinski definition) is 3. The van der Waals surface area contributed by atoms with E-state index < -0.39 is 24.0 Å². The molecule has 5 nitrogen and oxygen atoms in total. The SMILES string of the molecule is C=C1NC(=O)N[C@H](c2ccccc2Cl)[C@@H]1C(=O)OCCCCC. The maximum atomic E-state index is 12.5. The molecule has 23 heavy (non-hydrogen) atoms. The van der Waals surface area contributed by atoms with Gasteiger partial charge in [-0.15, -0.1) is 0 Å². The second kappa shape index (κ2) is 8.02. The zero-order valence-corrected chi connectivity index (χ0v) is 13.9. The first-order chi connectivity index (χ1) is 11.0. The summed E-state index contributed by atoms with van der Waals surface area (Å²) in [6.45, 7) is 6.24. The van der Waals surface area contributed by atoms with Crippen molar-refractivity contribution in [1.82, 2.24) is 10.6 Å². The smallest absolute Gasteiger partial charge is 0.319 e. The van der Waals surface area contributed by atoms with Crippen LogP contribution in [0.1, 0.15) is 37.8 Å². The summed E-state index contributed by atoms with van der Waals surface area (Å²) >= 11 is 6.22. The lowest BCUT2D eigenvalue weighted by atomic mass is 9.89. The Bertz CT molecular complexity index is 603. The van der Waals surface area contributed by atoms with E-state index in [0.29, 0.717) is 22.9 Å². The fourth-order valence-corrected chi connectivity index (χ4v) is 2.82. The van der Waals surface area contributed by atoms with Crippen molar-refractivity contribution in [2.75, 3.05) is 6.61 Å². The summed E-state index contributed by atoms with van der Waals surface area (Å²) in [5.74, 6) is -1.13. The third-order valence-corrected chi connectivity index (χ3v) is 4.10. The van der Waals surface area contributed by atoms with Crippen LogP contribution < -0.4 is 10.6 Å². The summed E-state index contributed by atoms with van der Waals surface area (Å²) in [5, 5.41) is 5.77. The van der Waals surface area contributed by atoms with Gasteiger partial charge in [-0.1, -0.05) is 56.1 Å². The third-order valence-electron chi connectivity index (χ3n) is 3.76. The van der Waals surface area contributed by atoms with E-state index in [0.717, 1.165) is 19.3 Å². The molecule has 124 valence electrons. The van der Waals surface area contributed by atoms with Crippen LogP contribution in [0.4, 0.5) is 4.79 Å². The monoisotopic (exact) mass is 336 g/mol. The zero-order chi connectivity index (χ0) is 16.8. The molecule has 2 rings (SSSR count). The van der Waals surface area contributed by atoms with Gasteiger partial charge in [-0.2, -0.15) is 0 Å². The fraction of sp³-hybridized carbons (Fsp3) is 0.412. The number of amides is 2. The van der Waals surface area contributed by atoms with Crippen molar-refractivity contribution >= 4 is 23.6 Å². The minimum Gasteiger partial charge on any atom is -0.465 e. The van der Waals surface area contributed by atoms with Crippen LogP contribution in [0.2, 0.25) is 5.02 Å². The molecule has 1 saturated heterocycles. The van der Waals surface area contributed by atoms with E-state index in [1.807, 2.05) is 6.07 Å². The Morgan fingerprint density at radius 2 is 2.09 bits per heavy atom. The topological polar surface area (TPSA) is 67.4 Å². The first-order valence-electron chi connectivity index (χ1n) is 7.72. The minimum atomic E-state index is -0.714. The Morgan fingerprint density at radius 3 is 2.78 bits per heavy atom. The molecule has 1 aliphatic heterocycles. The fourth-order valence-electron chi connectivity index (χ4n) is 2.56. The first kappa shape index (κ1) is 17.3. The Balaban J connectivity index is 2.19. The second-order valence-corrected chi connectivity index (χ2v) is 5.88. The van der Waals surface area contributed by atoms with E-state index >= 15 is 0 Å². The Kier molecular flexibility index (Phi) is 6.04. The van der Waals surface area contributed by atoms with Gasteiger partial charge in [0.25, 0.3) is 0 Å². The highest BCUT2D eigenvalue weighted by Crippen LogP contribution is 2.34. The summed E-state index contributed by atoms with van der Waals surface area (Å²) in [5.41, 5.74) is 0.986. The molecule has 0 bridgehead atoms. The number of esters is 1. The average Bonchev–Trinajstić information content (AvgIpc) is 2.51. The number of halogens is 1. The molecule has 1 fully saturated rings. The van der Waals surface area contributed by atoms with E-state index in [2.05, 4.69) is 24.1 Å². The van der Waals surface area contributed by atoms with Gasteiger partial charge in [0.05, 0.1) is 12.6 Å². The number of hydrogen-bond donors (Lipinski definition) is 2. The Morgan fingerprint density at radius 1 is 1.35 bits per heavy atom. The molecule has 1 aromatic rings. The molecule has 2 amide bonds. The van der Waals surface area contributed by atoms with Gasteiger partial charge in [0.1, 0.15) is 5.92 Å². The highest BCUT2D eigenvalue weighted by molar-refractivity contribution is 6.31. The van der Waals surface area contributed by atoms with Gasteiger partial charge in [0, 0.05) is 10.7 Å². The van der Waals surface area contributed by atoms with Crippen LogP contribution in [0.25, 0.3) is 0 Å². The van der Waals surface area contributed by atoms with Crippen LogP contribution in [0.5, 0.6) is 0 Å². The highest BCUT2D eigenvalue weighted by Gasteiger charge is 2.39. The third kappa shape index (κ3) is 4.26. The van der Waals surface area contributed by atoms with Crippen LogP contribution in [-0.2, 0) is 9.53 Å². The molecule has 0 spiro atoms. The van der Waals surface area contributed by atoms with Crippen molar-refractivity contribution in [2.24, 2.45) is 5.92 Å². The highest BCUT2D eigenvalue weighted by atomic mass is 35.5. The molecule has 1 aromatic carbocycles. The second-order valence-electron chi connectivity index (χ2n) is 5.48. The summed E-state index contributed by atoms with van der Waals surface area (Å²) in [7, 11) is 0. The molecular weight excluding hydrogens is 316 g/mol. The van der Waals surface area contributed by atoms with Crippen molar-refractivity contribution in [2.45, 2.75) is 32.2 Å². The summed E-state index contributed by atoms with van der Waals surface area (Å²) in [4.78, 5) is 24.2. The average molecular weight is 337 g/mol. The van der Waals surface area contributed by atoms with Crippen LogP contribution in [0.3, 0.4) is 0 Å². The van der Waals surface area contributed by atoms with Gasteiger partial charge in [-0.3, -0.25) is 4.79 Å². The lowest BCUT2D eigenvalue weighted by Crippen LogP contribution is -2.51. The van der Waals surface area contributed by atoms with Crippen molar-refractivity contribution in [1.29, 1.82) is 0 Å². The molecule has 1 heterocycles. The van der Waals surface area contributed by atoms with Crippen LogP contribution >= 0.6 is 11.6 Å². The summed E-state index contributed by atoms with van der Waals surface area (Å²) in [6.07, 6.45) is 2.87. The van der Waals surface area contributed by atoms with E-state index in [4.69, 9.17) is 16.3 Å². The number of rotatable bonds is 6. The quantitative estimate of drug-likeness (QED) is 0.616. The predicted octanol–water partition coefficient (Wildman–Crippen LogP) is 3.56. The Labute approximate surface area is 141 Å². The van der Waals surface area contributed by atoms with Crippen molar-refractivity contribution in [3.05, 3.63) is 47.1 Å². The lowest BCUT2D eigenvalue weighted by Gasteiger charge is -2.33. The van der Waals surface area contributed by atoms with E-state index in [9.17, 15) is 9.59 Å². The number of ether oxygens (including phenoxy) is 1. The van der Waals surface area contributed by atoms with E-state index in [1.54, 1.807) is 18.2 Å². The number of unbranched alkanes of at least 4 members (excludes halogenated alkanes) is 2. The molecule has 0 unspecified atom stereocenters. The van der Waals surface area contributed by atoms with Gasteiger partial charge in [0.15, 0.2) is 0 Å². The maximum Gasteiger partial charge on any atom is 0.319 e. The Hall–Kier alpha value is -2.01. The number of nitrogens with one attached hydrogen (secondary N) is 2. The standard InChI is InChI=1S/C17H21ClN2O3/c1-3-4-7-10-23-16(21)14-11(2)19-17(22)20-15(14)12-8-5-6-9-13(12)18/h5-6,8-9,14-15H,2-4,7,10H2,1H3,(H2,19,20,22)/t14-,15-/m1/s1. The van der Waals surface area contributed by atoms with Crippen molar-refractivity contribution in [3.63, 3.8) is 0 Å². The first-order valence-corrected chi connectivity index (χ1v) is 8.09. The molecule has 6 heteroatoms. The molecule has 0 saturated carbocycles. The molecule has 1 aliphatic rings. The summed E-state index contributed by atoms with van der Waals surface area (Å²) in [6, 6.07) is 6.10. The number of benzene rings is 1. The molecule has 2 atom stereocenters. The molecule has 2 N–H and O–H groups in total. The van der Waals surface area contributed by atoms with E-state index in [-0.39, 0.29) is 0 Å². The molecule has 0 aliphatic carbocycles.